The molecule has 2 rings (SSSR count). The third-order valence-corrected chi connectivity index (χ3v) is 4.23. The molecule has 1 N–H and O–H groups in total. The fourth-order valence-corrected chi connectivity index (χ4v) is 2.49. The quantitative estimate of drug-likeness (QED) is 0.465. The molecule has 0 fully saturated rings. The SMILES string of the molecule is CC(C)(C)c1ccc(C(=O)N/N=C/c2ccc(Br)c([N+](=O)[O-])c2)cc1. The molecule has 7 heteroatoms. The van der Waals surface area contributed by atoms with Gasteiger partial charge in [-0.15, -0.1) is 0 Å². The minimum atomic E-state index is -0.489. The number of hydrogen-bond donors (Lipinski definition) is 1. The van der Waals surface area contributed by atoms with E-state index in [-0.39, 0.29) is 17.0 Å². The van der Waals surface area contributed by atoms with Crippen LogP contribution < -0.4 is 5.43 Å². The maximum atomic E-state index is 12.1. The van der Waals surface area contributed by atoms with Gasteiger partial charge in [0.25, 0.3) is 11.6 Å². The number of hydrogen-bond acceptors (Lipinski definition) is 4. The van der Waals surface area contributed by atoms with E-state index in [0.717, 1.165) is 5.56 Å². The van der Waals surface area contributed by atoms with Crippen molar-refractivity contribution in [2.45, 2.75) is 26.2 Å². The molecular formula is C18H18BrN3O3. The number of rotatable bonds is 4. The summed E-state index contributed by atoms with van der Waals surface area (Å²) < 4.78 is 0.387. The van der Waals surface area contributed by atoms with Crippen LogP contribution in [-0.4, -0.2) is 17.0 Å². The number of benzene rings is 2. The normalized spacial score (nSPS) is 11.5. The summed E-state index contributed by atoms with van der Waals surface area (Å²) in [4.78, 5) is 22.5. The van der Waals surface area contributed by atoms with Gasteiger partial charge in [-0.1, -0.05) is 39.0 Å². The van der Waals surface area contributed by atoms with Crippen LogP contribution in [0.3, 0.4) is 0 Å². The van der Waals surface area contributed by atoms with E-state index in [4.69, 9.17) is 0 Å². The number of amides is 1. The van der Waals surface area contributed by atoms with Crippen molar-refractivity contribution in [3.8, 4) is 0 Å². The van der Waals surface area contributed by atoms with Crippen LogP contribution in [0.15, 0.2) is 52.0 Å². The number of nitrogens with zero attached hydrogens (tertiary/aromatic N) is 2. The van der Waals surface area contributed by atoms with E-state index in [1.165, 1.54) is 12.3 Å². The molecule has 0 saturated carbocycles. The van der Waals surface area contributed by atoms with Gasteiger partial charge >= 0.3 is 0 Å². The molecule has 25 heavy (non-hydrogen) atoms. The molecule has 6 nitrogen and oxygen atoms in total. The van der Waals surface area contributed by atoms with E-state index >= 15 is 0 Å². The van der Waals surface area contributed by atoms with Crippen LogP contribution in [0.1, 0.15) is 42.3 Å². The summed E-state index contributed by atoms with van der Waals surface area (Å²) >= 11 is 3.12. The monoisotopic (exact) mass is 403 g/mol. The van der Waals surface area contributed by atoms with Gasteiger partial charge in [-0.2, -0.15) is 5.10 Å². The average molecular weight is 404 g/mol. The van der Waals surface area contributed by atoms with Crippen LogP contribution in [0.4, 0.5) is 5.69 Å². The number of nitrogens with one attached hydrogen (secondary N) is 1. The lowest BCUT2D eigenvalue weighted by atomic mass is 9.87. The third kappa shape index (κ3) is 4.96. The van der Waals surface area contributed by atoms with Gasteiger partial charge in [-0.25, -0.2) is 5.43 Å². The fraction of sp³-hybridized carbons (Fsp3) is 0.222. The summed E-state index contributed by atoms with van der Waals surface area (Å²) in [6.45, 7) is 6.30. The Morgan fingerprint density at radius 2 is 1.84 bits per heavy atom. The summed E-state index contributed by atoms with van der Waals surface area (Å²) in [7, 11) is 0. The van der Waals surface area contributed by atoms with E-state index in [9.17, 15) is 14.9 Å². The topological polar surface area (TPSA) is 84.6 Å². The predicted molar refractivity (Wildman–Crippen MR) is 101 cm³/mol. The van der Waals surface area contributed by atoms with Gasteiger partial charge in [-0.05, 0) is 45.1 Å². The predicted octanol–water partition coefficient (Wildman–Crippen LogP) is 4.42. The average Bonchev–Trinajstić information content (AvgIpc) is 2.55. The molecule has 0 radical (unpaired) electrons. The van der Waals surface area contributed by atoms with Crippen LogP contribution in [0.25, 0.3) is 0 Å². The molecule has 0 heterocycles. The zero-order valence-corrected chi connectivity index (χ0v) is 15.7. The zero-order chi connectivity index (χ0) is 18.6. The minimum absolute atomic E-state index is 0.0173. The molecular weight excluding hydrogens is 386 g/mol. The Labute approximate surface area is 154 Å². The Balaban J connectivity index is 2.06. The number of carbonyl (C=O) groups excluding carboxylic acids is 1. The molecule has 0 spiro atoms. The minimum Gasteiger partial charge on any atom is -0.267 e. The van der Waals surface area contributed by atoms with Gasteiger partial charge in [0.05, 0.1) is 15.6 Å². The summed E-state index contributed by atoms with van der Waals surface area (Å²) in [6, 6.07) is 11.9. The van der Waals surface area contributed by atoms with E-state index < -0.39 is 4.92 Å². The van der Waals surface area contributed by atoms with Gasteiger partial charge in [0.2, 0.25) is 0 Å². The summed E-state index contributed by atoms with van der Waals surface area (Å²) in [5.74, 6) is -0.344. The van der Waals surface area contributed by atoms with Gasteiger partial charge in [0.15, 0.2) is 0 Å². The molecule has 2 aromatic carbocycles. The van der Waals surface area contributed by atoms with Crippen molar-refractivity contribution in [1.29, 1.82) is 0 Å². The third-order valence-electron chi connectivity index (χ3n) is 3.56. The van der Waals surface area contributed by atoms with Gasteiger partial charge in [0, 0.05) is 17.2 Å². The first-order valence-electron chi connectivity index (χ1n) is 7.56. The molecule has 2 aromatic rings. The second kappa shape index (κ2) is 7.57. The van der Waals surface area contributed by atoms with Crippen LogP contribution in [0.5, 0.6) is 0 Å². The first kappa shape index (κ1) is 18.8. The van der Waals surface area contributed by atoms with Crippen molar-refractivity contribution in [3.63, 3.8) is 0 Å². The highest BCUT2D eigenvalue weighted by Gasteiger charge is 2.14. The lowest BCUT2D eigenvalue weighted by Crippen LogP contribution is -2.18. The Bertz CT molecular complexity index is 824. The molecule has 1 amide bonds. The number of hydrazone groups is 1. The van der Waals surface area contributed by atoms with E-state index in [1.807, 2.05) is 12.1 Å². The number of nitro benzene ring substituents is 1. The largest absolute Gasteiger partial charge is 0.284 e. The highest BCUT2D eigenvalue weighted by atomic mass is 79.9. The first-order chi connectivity index (χ1) is 11.7. The fourth-order valence-electron chi connectivity index (χ4n) is 2.10. The van der Waals surface area contributed by atoms with E-state index in [2.05, 4.69) is 47.2 Å². The maximum absolute atomic E-state index is 12.1. The number of halogens is 1. The molecule has 0 saturated heterocycles. The van der Waals surface area contributed by atoms with Crippen LogP contribution in [-0.2, 0) is 5.41 Å². The molecule has 130 valence electrons. The lowest BCUT2D eigenvalue weighted by molar-refractivity contribution is -0.385. The van der Waals surface area contributed by atoms with Crippen molar-refractivity contribution in [2.75, 3.05) is 0 Å². The molecule has 0 aliphatic carbocycles. The zero-order valence-electron chi connectivity index (χ0n) is 14.1. The Morgan fingerprint density at radius 3 is 2.40 bits per heavy atom. The molecule has 0 bridgehead atoms. The highest BCUT2D eigenvalue weighted by Crippen LogP contribution is 2.25. The van der Waals surface area contributed by atoms with Gasteiger partial charge < -0.3 is 0 Å². The maximum Gasteiger partial charge on any atom is 0.284 e. The van der Waals surface area contributed by atoms with Crippen molar-refractivity contribution < 1.29 is 9.72 Å². The summed E-state index contributed by atoms with van der Waals surface area (Å²) in [5.41, 5.74) is 4.51. The van der Waals surface area contributed by atoms with Crippen LogP contribution >= 0.6 is 15.9 Å². The Kier molecular flexibility index (Phi) is 5.69. The van der Waals surface area contributed by atoms with Crippen LogP contribution in [0, 0.1) is 10.1 Å². The van der Waals surface area contributed by atoms with Crippen LogP contribution in [0.2, 0.25) is 0 Å². The summed E-state index contributed by atoms with van der Waals surface area (Å²) in [6.07, 6.45) is 1.36. The first-order valence-corrected chi connectivity index (χ1v) is 8.35. The molecule has 0 aliphatic rings. The smallest absolute Gasteiger partial charge is 0.267 e. The lowest BCUT2D eigenvalue weighted by Gasteiger charge is -2.18. The van der Waals surface area contributed by atoms with Gasteiger partial charge in [-0.3, -0.25) is 14.9 Å². The van der Waals surface area contributed by atoms with Crippen molar-refractivity contribution in [2.24, 2.45) is 5.10 Å². The molecule has 0 unspecified atom stereocenters. The number of carbonyl (C=O) groups is 1. The second-order valence-corrected chi connectivity index (χ2v) is 7.35. The van der Waals surface area contributed by atoms with Crippen molar-refractivity contribution >= 4 is 33.7 Å². The summed E-state index contributed by atoms with van der Waals surface area (Å²) in [5, 5.41) is 14.8. The molecule has 0 aromatic heterocycles. The Morgan fingerprint density at radius 1 is 1.20 bits per heavy atom. The highest BCUT2D eigenvalue weighted by molar-refractivity contribution is 9.10. The standard InChI is InChI=1S/C18H18BrN3O3/c1-18(2,3)14-7-5-13(6-8-14)17(23)21-20-11-12-4-9-15(19)16(10-12)22(24)25/h4-11H,1-3H3,(H,21,23)/b20-11+. The number of nitro groups is 1. The molecule has 0 atom stereocenters. The van der Waals surface area contributed by atoms with E-state index in [1.54, 1.807) is 24.3 Å². The van der Waals surface area contributed by atoms with Crippen molar-refractivity contribution in [3.05, 3.63) is 73.7 Å². The van der Waals surface area contributed by atoms with E-state index in [0.29, 0.717) is 15.6 Å². The molecule has 0 aliphatic heterocycles. The second-order valence-electron chi connectivity index (χ2n) is 6.49. The van der Waals surface area contributed by atoms with Crippen molar-refractivity contribution in [1.82, 2.24) is 5.43 Å². The Hall–Kier alpha value is -2.54. The van der Waals surface area contributed by atoms with Gasteiger partial charge in [0.1, 0.15) is 0 Å².